The van der Waals surface area contributed by atoms with Crippen molar-refractivity contribution in [2.24, 2.45) is 0 Å². The van der Waals surface area contributed by atoms with E-state index in [1.165, 1.54) is 24.3 Å². The lowest BCUT2D eigenvalue weighted by Gasteiger charge is -2.27. The summed E-state index contributed by atoms with van der Waals surface area (Å²) in [6.45, 7) is 0. The van der Waals surface area contributed by atoms with E-state index < -0.39 is 20.8 Å². The molecule has 160 valence electrons. The van der Waals surface area contributed by atoms with Gasteiger partial charge in [-0.05, 0) is 47.3 Å². The number of alkyl halides is 3. The molecule has 0 aliphatic rings. The van der Waals surface area contributed by atoms with Crippen molar-refractivity contribution in [3.05, 3.63) is 82.4 Å². The van der Waals surface area contributed by atoms with Crippen molar-refractivity contribution in [1.29, 1.82) is 0 Å². The molecule has 0 radical (unpaired) electrons. The Bertz CT molecular complexity index is 1140. The van der Waals surface area contributed by atoms with Crippen molar-refractivity contribution < 1.29 is 9.72 Å². The average Bonchev–Trinajstić information content (AvgIpc) is 2.72. The van der Waals surface area contributed by atoms with E-state index in [1.54, 1.807) is 0 Å². The van der Waals surface area contributed by atoms with Crippen LogP contribution in [0, 0.1) is 10.1 Å². The quantitative estimate of drug-likeness (QED) is 0.148. The first-order valence-electron chi connectivity index (χ1n) is 8.82. The highest BCUT2D eigenvalue weighted by atomic mass is 35.6. The highest BCUT2D eigenvalue weighted by Gasteiger charge is 2.35. The molecule has 3 N–H and O–H groups in total. The third kappa shape index (κ3) is 6.18. The summed E-state index contributed by atoms with van der Waals surface area (Å²) >= 11 is 23.3. The molecule has 3 aromatic carbocycles. The molecule has 11 heteroatoms. The molecule has 3 aromatic rings. The van der Waals surface area contributed by atoms with Gasteiger partial charge in [-0.2, -0.15) is 0 Å². The van der Waals surface area contributed by atoms with Crippen LogP contribution in [0.5, 0.6) is 0 Å². The fourth-order valence-corrected chi connectivity index (χ4v) is 3.28. The molecule has 0 aromatic heterocycles. The third-order valence-electron chi connectivity index (χ3n) is 4.23. The monoisotopic (exact) mass is 496 g/mol. The zero-order valence-corrected chi connectivity index (χ0v) is 18.7. The second-order valence-electron chi connectivity index (χ2n) is 6.41. The van der Waals surface area contributed by atoms with E-state index in [1.807, 2.05) is 42.5 Å². The topological polar surface area (TPSA) is 96.3 Å². The second-order valence-corrected chi connectivity index (χ2v) is 9.19. The number of anilines is 1. The summed E-state index contributed by atoms with van der Waals surface area (Å²) < 4.78 is -1.94. The number of nitro benzene ring substituents is 1. The van der Waals surface area contributed by atoms with Gasteiger partial charge in [-0.3, -0.25) is 14.9 Å². The number of non-ortho nitro benzene ring substituents is 1. The number of carbonyl (C=O) groups is 1. The molecule has 31 heavy (non-hydrogen) atoms. The minimum Gasteiger partial charge on any atom is -0.339 e. The average molecular weight is 498 g/mol. The Kier molecular flexibility index (Phi) is 7.17. The zero-order valence-electron chi connectivity index (χ0n) is 15.6. The van der Waals surface area contributed by atoms with Crippen LogP contribution in [-0.2, 0) is 0 Å². The van der Waals surface area contributed by atoms with E-state index in [9.17, 15) is 14.9 Å². The van der Waals surface area contributed by atoms with Crippen LogP contribution < -0.4 is 16.0 Å². The summed E-state index contributed by atoms with van der Waals surface area (Å²) in [6, 6.07) is 18.5. The van der Waals surface area contributed by atoms with Gasteiger partial charge < -0.3 is 16.0 Å². The minimum atomic E-state index is -1.94. The number of amides is 1. The van der Waals surface area contributed by atoms with Gasteiger partial charge in [-0.25, -0.2) is 0 Å². The van der Waals surface area contributed by atoms with Crippen LogP contribution in [0.3, 0.4) is 0 Å². The summed E-state index contributed by atoms with van der Waals surface area (Å²) in [5.74, 6) is -0.604. The maximum absolute atomic E-state index is 12.5. The molecule has 3 rings (SSSR count). The number of nitro groups is 1. The number of fused-ring (bicyclic) bond motifs is 1. The van der Waals surface area contributed by atoms with Gasteiger partial charge in [0, 0.05) is 23.4 Å². The number of thiocarbonyl (C=S) groups is 1. The molecule has 0 bridgehead atoms. The molecule has 1 atom stereocenters. The first-order valence-corrected chi connectivity index (χ1v) is 10.4. The SMILES string of the molecule is O=C(N[C@@H](NC(=S)Nc1ccc2ccccc2c1)C(Cl)(Cl)Cl)c1ccc([N+](=O)[O-])cc1. The summed E-state index contributed by atoms with van der Waals surface area (Å²) in [5, 5.41) is 21.2. The van der Waals surface area contributed by atoms with Gasteiger partial charge in [0.05, 0.1) is 4.92 Å². The summed E-state index contributed by atoms with van der Waals surface area (Å²) in [7, 11) is 0. The summed E-state index contributed by atoms with van der Waals surface area (Å²) in [4.78, 5) is 22.7. The fraction of sp³-hybridized carbons (Fsp3) is 0.100. The first-order chi connectivity index (χ1) is 14.6. The molecular weight excluding hydrogens is 483 g/mol. The molecule has 0 unspecified atom stereocenters. The molecule has 0 fully saturated rings. The van der Waals surface area contributed by atoms with Gasteiger partial charge in [0.2, 0.25) is 3.79 Å². The van der Waals surface area contributed by atoms with Crippen molar-refractivity contribution in [2.75, 3.05) is 5.32 Å². The van der Waals surface area contributed by atoms with E-state index in [-0.39, 0.29) is 16.4 Å². The van der Waals surface area contributed by atoms with E-state index in [2.05, 4.69) is 16.0 Å². The van der Waals surface area contributed by atoms with Crippen molar-refractivity contribution in [3.63, 3.8) is 0 Å². The summed E-state index contributed by atoms with van der Waals surface area (Å²) in [5.41, 5.74) is 0.717. The van der Waals surface area contributed by atoms with E-state index in [0.717, 1.165) is 10.8 Å². The molecule has 0 saturated carbocycles. The number of halogens is 3. The van der Waals surface area contributed by atoms with Crippen LogP contribution in [0.1, 0.15) is 10.4 Å². The molecule has 0 heterocycles. The number of benzene rings is 3. The van der Waals surface area contributed by atoms with Crippen LogP contribution >= 0.6 is 47.0 Å². The van der Waals surface area contributed by atoms with Crippen molar-refractivity contribution in [3.8, 4) is 0 Å². The number of nitrogens with one attached hydrogen (secondary N) is 3. The van der Waals surface area contributed by atoms with Crippen LogP contribution in [0.15, 0.2) is 66.7 Å². The van der Waals surface area contributed by atoms with Crippen LogP contribution in [-0.4, -0.2) is 25.9 Å². The minimum absolute atomic E-state index is 0.121. The van der Waals surface area contributed by atoms with E-state index in [0.29, 0.717) is 5.69 Å². The summed E-state index contributed by atoms with van der Waals surface area (Å²) in [6.07, 6.45) is -1.18. The Morgan fingerprint density at radius 3 is 2.23 bits per heavy atom. The van der Waals surface area contributed by atoms with Gasteiger partial charge >= 0.3 is 0 Å². The second kappa shape index (κ2) is 9.65. The molecule has 1 amide bonds. The molecule has 0 aliphatic heterocycles. The normalized spacial score (nSPS) is 12.1. The Labute approximate surface area is 197 Å². The maximum atomic E-state index is 12.5. The largest absolute Gasteiger partial charge is 0.339 e. The Balaban J connectivity index is 1.69. The maximum Gasteiger partial charge on any atom is 0.269 e. The Morgan fingerprint density at radius 2 is 1.61 bits per heavy atom. The highest BCUT2D eigenvalue weighted by molar-refractivity contribution is 7.80. The molecule has 0 aliphatic carbocycles. The van der Waals surface area contributed by atoms with Gasteiger partial charge in [-0.15, -0.1) is 0 Å². The zero-order chi connectivity index (χ0) is 22.6. The van der Waals surface area contributed by atoms with Crippen LogP contribution in [0.4, 0.5) is 11.4 Å². The van der Waals surface area contributed by atoms with Crippen LogP contribution in [0.2, 0.25) is 0 Å². The van der Waals surface area contributed by atoms with Gasteiger partial charge in [-0.1, -0.05) is 65.1 Å². The lowest BCUT2D eigenvalue weighted by Crippen LogP contribution is -2.56. The Morgan fingerprint density at radius 1 is 0.968 bits per heavy atom. The first kappa shape index (κ1) is 23.0. The third-order valence-corrected chi connectivity index (χ3v) is 5.10. The number of carbonyl (C=O) groups excluding carboxylic acids is 1. The highest BCUT2D eigenvalue weighted by Crippen LogP contribution is 2.29. The number of hydrogen-bond acceptors (Lipinski definition) is 4. The van der Waals surface area contributed by atoms with E-state index >= 15 is 0 Å². The number of nitrogens with zero attached hydrogens (tertiary/aromatic N) is 1. The lowest BCUT2D eigenvalue weighted by molar-refractivity contribution is -0.384. The Hall–Kier alpha value is -2.65. The molecular formula is C20H15Cl3N4O3S. The standard InChI is InChI=1S/C20H15Cl3N4O3S/c21-20(22,23)18(25-17(28)13-6-9-16(10-7-13)27(29)30)26-19(31)24-15-8-5-12-3-1-2-4-14(12)11-15/h1-11,18H,(H,25,28)(H2,24,26,31)/t18-/m0/s1. The van der Waals surface area contributed by atoms with Gasteiger partial charge in [0.1, 0.15) is 6.17 Å². The predicted octanol–water partition coefficient (Wildman–Crippen LogP) is 5.16. The molecule has 0 saturated heterocycles. The number of rotatable bonds is 5. The number of hydrogen-bond donors (Lipinski definition) is 3. The van der Waals surface area contributed by atoms with E-state index in [4.69, 9.17) is 47.0 Å². The lowest BCUT2D eigenvalue weighted by atomic mass is 10.1. The molecule has 0 spiro atoms. The van der Waals surface area contributed by atoms with Crippen LogP contribution in [0.25, 0.3) is 10.8 Å². The van der Waals surface area contributed by atoms with Gasteiger partial charge in [0.15, 0.2) is 5.11 Å². The predicted molar refractivity (Wildman–Crippen MR) is 128 cm³/mol. The van der Waals surface area contributed by atoms with Crippen molar-refractivity contribution >= 4 is 80.2 Å². The smallest absolute Gasteiger partial charge is 0.269 e. The fourth-order valence-electron chi connectivity index (χ4n) is 2.71. The van der Waals surface area contributed by atoms with Crippen molar-refractivity contribution in [1.82, 2.24) is 10.6 Å². The van der Waals surface area contributed by atoms with Gasteiger partial charge in [0.25, 0.3) is 11.6 Å². The van der Waals surface area contributed by atoms with Crippen molar-refractivity contribution in [2.45, 2.75) is 9.96 Å². The molecule has 7 nitrogen and oxygen atoms in total.